The van der Waals surface area contributed by atoms with Gasteiger partial charge in [-0.25, -0.2) is 8.78 Å². The second-order valence-corrected chi connectivity index (χ2v) is 2.40. The summed E-state index contributed by atoms with van der Waals surface area (Å²) in [5, 5.41) is 0. The standard InChI is InChI=1S/C9H10F2O2/c1-12-7-3-4-8(13-2)9(11)6(7)5-10/h3-4H,5H2,1-2H3. The van der Waals surface area contributed by atoms with E-state index >= 15 is 0 Å². The predicted molar refractivity (Wildman–Crippen MR) is 44.3 cm³/mol. The minimum atomic E-state index is -0.911. The lowest BCUT2D eigenvalue weighted by Gasteiger charge is -2.09. The van der Waals surface area contributed by atoms with Gasteiger partial charge in [-0.3, -0.25) is 0 Å². The van der Waals surface area contributed by atoms with Crippen molar-refractivity contribution in [2.24, 2.45) is 0 Å². The highest BCUT2D eigenvalue weighted by atomic mass is 19.1. The minimum Gasteiger partial charge on any atom is -0.496 e. The van der Waals surface area contributed by atoms with Crippen molar-refractivity contribution in [2.45, 2.75) is 6.67 Å². The zero-order valence-electron chi connectivity index (χ0n) is 7.43. The maximum atomic E-state index is 13.3. The zero-order valence-corrected chi connectivity index (χ0v) is 7.43. The van der Waals surface area contributed by atoms with E-state index in [0.29, 0.717) is 0 Å². The third-order valence-electron chi connectivity index (χ3n) is 1.74. The monoisotopic (exact) mass is 188 g/mol. The first-order chi connectivity index (χ1) is 6.24. The number of hydrogen-bond donors (Lipinski definition) is 0. The summed E-state index contributed by atoms with van der Waals surface area (Å²) >= 11 is 0. The molecule has 2 nitrogen and oxygen atoms in total. The molecule has 1 aromatic rings. The van der Waals surface area contributed by atoms with Crippen LogP contribution in [0.25, 0.3) is 0 Å². The van der Waals surface area contributed by atoms with E-state index in [1.54, 1.807) is 0 Å². The summed E-state index contributed by atoms with van der Waals surface area (Å²) in [4.78, 5) is 0. The second-order valence-electron chi connectivity index (χ2n) is 2.40. The van der Waals surface area contributed by atoms with E-state index in [2.05, 4.69) is 4.74 Å². The number of hydrogen-bond acceptors (Lipinski definition) is 2. The first-order valence-corrected chi connectivity index (χ1v) is 3.70. The van der Waals surface area contributed by atoms with E-state index in [1.165, 1.54) is 26.4 Å². The average molecular weight is 188 g/mol. The topological polar surface area (TPSA) is 18.5 Å². The van der Waals surface area contributed by atoms with E-state index < -0.39 is 12.5 Å². The first-order valence-electron chi connectivity index (χ1n) is 3.70. The smallest absolute Gasteiger partial charge is 0.174 e. The fourth-order valence-electron chi connectivity index (χ4n) is 1.06. The van der Waals surface area contributed by atoms with Gasteiger partial charge in [0.25, 0.3) is 0 Å². The Kier molecular flexibility index (Phi) is 3.06. The van der Waals surface area contributed by atoms with E-state index in [-0.39, 0.29) is 17.1 Å². The van der Waals surface area contributed by atoms with Crippen LogP contribution < -0.4 is 9.47 Å². The van der Waals surface area contributed by atoms with Crippen LogP contribution >= 0.6 is 0 Å². The Morgan fingerprint density at radius 2 is 1.69 bits per heavy atom. The van der Waals surface area contributed by atoms with Crippen LogP contribution in [-0.4, -0.2) is 14.2 Å². The number of alkyl halides is 1. The van der Waals surface area contributed by atoms with Crippen molar-refractivity contribution < 1.29 is 18.3 Å². The van der Waals surface area contributed by atoms with Gasteiger partial charge in [0, 0.05) is 0 Å². The van der Waals surface area contributed by atoms with E-state index in [9.17, 15) is 8.78 Å². The van der Waals surface area contributed by atoms with E-state index in [0.717, 1.165) is 0 Å². The van der Waals surface area contributed by atoms with Crippen LogP contribution in [0, 0.1) is 5.82 Å². The summed E-state index contributed by atoms with van der Waals surface area (Å²) in [6.07, 6.45) is 0. The summed E-state index contributed by atoms with van der Waals surface area (Å²) in [7, 11) is 2.69. The van der Waals surface area contributed by atoms with Gasteiger partial charge >= 0.3 is 0 Å². The van der Waals surface area contributed by atoms with Crippen LogP contribution in [0.5, 0.6) is 11.5 Å². The molecular weight excluding hydrogens is 178 g/mol. The molecular formula is C9H10F2O2. The highest BCUT2D eigenvalue weighted by Crippen LogP contribution is 2.29. The largest absolute Gasteiger partial charge is 0.496 e. The van der Waals surface area contributed by atoms with Gasteiger partial charge in [-0.2, -0.15) is 0 Å². The molecule has 4 heteroatoms. The second kappa shape index (κ2) is 4.07. The summed E-state index contributed by atoms with van der Waals surface area (Å²) in [6, 6.07) is 2.87. The highest BCUT2D eigenvalue weighted by molar-refractivity contribution is 5.41. The number of halogens is 2. The molecule has 0 fully saturated rings. The molecule has 72 valence electrons. The van der Waals surface area contributed by atoms with E-state index in [1.807, 2.05) is 0 Å². The van der Waals surface area contributed by atoms with Gasteiger partial charge in [-0.1, -0.05) is 0 Å². The molecule has 0 N–H and O–H groups in total. The Morgan fingerprint density at radius 3 is 2.15 bits per heavy atom. The Balaban J connectivity index is 3.23. The summed E-state index contributed by atoms with van der Waals surface area (Å²) < 4.78 is 35.1. The molecule has 0 aliphatic heterocycles. The molecule has 0 atom stereocenters. The lowest BCUT2D eigenvalue weighted by atomic mass is 10.2. The number of rotatable bonds is 3. The molecule has 0 amide bonds. The maximum Gasteiger partial charge on any atom is 0.174 e. The van der Waals surface area contributed by atoms with Crippen molar-refractivity contribution in [2.75, 3.05) is 14.2 Å². The van der Waals surface area contributed by atoms with Crippen LogP contribution in [0.3, 0.4) is 0 Å². The van der Waals surface area contributed by atoms with Crippen LogP contribution in [0.4, 0.5) is 8.78 Å². The van der Waals surface area contributed by atoms with Gasteiger partial charge in [0.2, 0.25) is 0 Å². The van der Waals surface area contributed by atoms with Crippen molar-refractivity contribution in [1.29, 1.82) is 0 Å². The van der Waals surface area contributed by atoms with Crippen LogP contribution in [-0.2, 0) is 6.67 Å². The molecule has 0 radical (unpaired) electrons. The van der Waals surface area contributed by atoms with Crippen LogP contribution in [0.15, 0.2) is 12.1 Å². The Hall–Kier alpha value is -1.32. The Labute approximate surface area is 75.1 Å². The van der Waals surface area contributed by atoms with Gasteiger partial charge in [-0.05, 0) is 12.1 Å². The van der Waals surface area contributed by atoms with Crippen molar-refractivity contribution in [3.05, 3.63) is 23.5 Å². The molecule has 1 rings (SSSR count). The Morgan fingerprint density at radius 1 is 1.15 bits per heavy atom. The van der Waals surface area contributed by atoms with Crippen LogP contribution in [0.2, 0.25) is 0 Å². The Bertz CT molecular complexity index is 300. The first kappa shape index (κ1) is 9.77. The highest BCUT2D eigenvalue weighted by Gasteiger charge is 2.13. The molecule has 0 bridgehead atoms. The minimum absolute atomic E-state index is 0.0217. The van der Waals surface area contributed by atoms with E-state index in [4.69, 9.17) is 4.74 Å². The molecule has 0 aliphatic rings. The van der Waals surface area contributed by atoms with Gasteiger partial charge in [0.15, 0.2) is 11.6 Å². The number of ether oxygens (including phenoxy) is 2. The summed E-state index contributed by atoms with van der Waals surface area (Å²) in [5.74, 6) is -0.487. The number of benzene rings is 1. The normalized spacial score (nSPS) is 9.85. The van der Waals surface area contributed by atoms with Crippen molar-refractivity contribution in [3.63, 3.8) is 0 Å². The molecule has 1 aromatic carbocycles. The van der Waals surface area contributed by atoms with Gasteiger partial charge in [-0.15, -0.1) is 0 Å². The average Bonchev–Trinajstić information content (AvgIpc) is 2.17. The third kappa shape index (κ3) is 1.71. The summed E-state index contributed by atoms with van der Waals surface area (Å²) in [5.41, 5.74) is -0.109. The predicted octanol–water partition coefficient (Wildman–Crippen LogP) is 2.31. The van der Waals surface area contributed by atoms with Crippen molar-refractivity contribution in [1.82, 2.24) is 0 Å². The molecule has 0 unspecified atom stereocenters. The fraction of sp³-hybridized carbons (Fsp3) is 0.333. The van der Waals surface area contributed by atoms with Gasteiger partial charge in [0.05, 0.1) is 19.8 Å². The molecule has 0 aliphatic carbocycles. The number of methoxy groups -OCH3 is 2. The molecule has 13 heavy (non-hydrogen) atoms. The lowest BCUT2D eigenvalue weighted by Crippen LogP contribution is -1.97. The zero-order chi connectivity index (χ0) is 9.84. The molecule has 0 saturated carbocycles. The van der Waals surface area contributed by atoms with Gasteiger partial charge < -0.3 is 9.47 Å². The fourth-order valence-corrected chi connectivity index (χ4v) is 1.06. The lowest BCUT2D eigenvalue weighted by molar-refractivity contribution is 0.357. The van der Waals surface area contributed by atoms with Crippen molar-refractivity contribution >= 4 is 0 Å². The third-order valence-corrected chi connectivity index (χ3v) is 1.74. The molecule has 0 heterocycles. The summed E-state index contributed by atoms with van der Waals surface area (Å²) in [6.45, 7) is -0.911. The molecule has 0 saturated heterocycles. The maximum absolute atomic E-state index is 13.3. The molecule has 0 aromatic heterocycles. The van der Waals surface area contributed by atoms with Crippen LogP contribution in [0.1, 0.15) is 5.56 Å². The van der Waals surface area contributed by atoms with Gasteiger partial charge in [0.1, 0.15) is 12.4 Å². The SMILES string of the molecule is COc1ccc(OC)c(CF)c1F. The molecule has 0 spiro atoms. The quantitative estimate of drug-likeness (QED) is 0.724. The van der Waals surface area contributed by atoms with Crippen molar-refractivity contribution in [3.8, 4) is 11.5 Å².